The molecule has 2 aromatic carbocycles. The molecule has 6 heteroatoms. The van der Waals surface area contributed by atoms with E-state index >= 15 is 0 Å². The van der Waals surface area contributed by atoms with Crippen molar-refractivity contribution < 1.29 is 18.7 Å². The zero-order chi connectivity index (χ0) is 22.3. The van der Waals surface area contributed by atoms with E-state index in [-0.39, 0.29) is 23.9 Å². The minimum atomic E-state index is -0.795. The maximum atomic E-state index is 13.3. The SMILES string of the molecule is Cc1c(C(=O)NCCC(C)C)oc2ccc3c(c12)C(=O)C[C@@](C)(c1ccc(Cl)cc1)O3. The minimum absolute atomic E-state index is 0.0417. The fourth-order valence-electron chi connectivity index (χ4n) is 4.09. The monoisotopic (exact) mass is 439 g/mol. The molecule has 0 spiro atoms. The highest BCUT2D eigenvalue weighted by Crippen LogP contribution is 2.44. The molecule has 0 radical (unpaired) electrons. The minimum Gasteiger partial charge on any atom is -0.482 e. The number of amides is 1. The highest BCUT2D eigenvalue weighted by atomic mass is 35.5. The molecule has 0 saturated carbocycles. The Labute approximate surface area is 186 Å². The number of Topliss-reactive ketones (excluding diaryl/α,β-unsaturated/α-hetero) is 1. The molecule has 1 amide bonds. The third kappa shape index (κ3) is 3.94. The highest BCUT2D eigenvalue weighted by molar-refractivity contribution is 6.30. The summed E-state index contributed by atoms with van der Waals surface area (Å²) in [4.78, 5) is 25.9. The van der Waals surface area contributed by atoms with Crippen LogP contribution >= 0.6 is 11.6 Å². The van der Waals surface area contributed by atoms with Gasteiger partial charge in [0, 0.05) is 22.5 Å². The molecule has 162 valence electrons. The summed E-state index contributed by atoms with van der Waals surface area (Å²) in [5.41, 5.74) is 1.73. The maximum absolute atomic E-state index is 13.3. The summed E-state index contributed by atoms with van der Waals surface area (Å²) in [7, 11) is 0. The van der Waals surface area contributed by atoms with Crippen LogP contribution in [0.4, 0.5) is 0 Å². The quantitative estimate of drug-likeness (QED) is 0.525. The van der Waals surface area contributed by atoms with Crippen LogP contribution in [0, 0.1) is 12.8 Å². The van der Waals surface area contributed by atoms with Crippen LogP contribution in [0.2, 0.25) is 5.02 Å². The molecular weight excluding hydrogens is 414 g/mol. The summed E-state index contributed by atoms with van der Waals surface area (Å²) in [5.74, 6) is 0.926. The molecule has 0 bridgehead atoms. The normalized spacial score (nSPS) is 18.2. The third-order valence-corrected chi connectivity index (χ3v) is 6.09. The van der Waals surface area contributed by atoms with Gasteiger partial charge in [0.25, 0.3) is 5.91 Å². The Bertz CT molecular complexity index is 1160. The van der Waals surface area contributed by atoms with Crippen molar-refractivity contribution in [1.29, 1.82) is 0 Å². The van der Waals surface area contributed by atoms with Gasteiger partial charge in [0.05, 0.1) is 12.0 Å². The number of nitrogens with one attached hydrogen (secondary N) is 1. The number of hydrogen-bond acceptors (Lipinski definition) is 4. The number of furan rings is 1. The largest absolute Gasteiger partial charge is 0.482 e. The van der Waals surface area contributed by atoms with E-state index in [1.54, 1.807) is 24.3 Å². The first-order valence-corrected chi connectivity index (χ1v) is 10.9. The van der Waals surface area contributed by atoms with E-state index in [9.17, 15) is 9.59 Å². The van der Waals surface area contributed by atoms with Crippen molar-refractivity contribution in [2.45, 2.75) is 46.1 Å². The van der Waals surface area contributed by atoms with E-state index < -0.39 is 5.60 Å². The second kappa shape index (κ2) is 8.04. The summed E-state index contributed by atoms with van der Waals surface area (Å²) in [6.45, 7) is 8.50. The van der Waals surface area contributed by atoms with Crippen LogP contribution in [-0.4, -0.2) is 18.2 Å². The molecule has 1 aliphatic heterocycles. The Morgan fingerprint density at radius 3 is 2.58 bits per heavy atom. The van der Waals surface area contributed by atoms with Crippen LogP contribution in [0.25, 0.3) is 11.0 Å². The smallest absolute Gasteiger partial charge is 0.287 e. The number of benzene rings is 2. The van der Waals surface area contributed by atoms with Crippen molar-refractivity contribution in [2.75, 3.05) is 6.54 Å². The van der Waals surface area contributed by atoms with Gasteiger partial charge in [0.2, 0.25) is 0 Å². The van der Waals surface area contributed by atoms with Crippen LogP contribution in [0.3, 0.4) is 0 Å². The molecule has 0 unspecified atom stereocenters. The summed E-state index contributed by atoms with van der Waals surface area (Å²) in [5, 5.41) is 4.18. The third-order valence-electron chi connectivity index (χ3n) is 5.84. The highest BCUT2D eigenvalue weighted by Gasteiger charge is 2.40. The zero-order valence-corrected chi connectivity index (χ0v) is 18.9. The first-order valence-electron chi connectivity index (χ1n) is 10.5. The predicted molar refractivity (Wildman–Crippen MR) is 121 cm³/mol. The van der Waals surface area contributed by atoms with Gasteiger partial charge in [-0.1, -0.05) is 37.6 Å². The Morgan fingerprint density at radius 2 is 1.90 bits per heavy atom. The first kappa shape index (κ1) is 21.4. The number of ketones is 1. The van der Waals surface area contributed by atoms with Gasteiger partial charge < -0.3 is 14.5 Å². The van der Waals surface area contributed by atoms with E-state index in [2.05, 4.69) is 19.2 Å². The number of hydrogen-bond donors (Lipinski definition) is 1. The lowest BCUT2D eigenvalue weighted by molar-refractivity contribution is 0.0507. The van der Waals surface area contributed by atoms with Crippen molar-refractivity contribution in [3.8, 4) is 5.75 Å². The summed E-state index contributed by atoms with van der Waals surface area (Å²) in [6, 6.07) is 10.8. The Balaban J connectivity index is 1.70. The molecule has 4 rings (SSSR count). The Hall–Kier alpha value is -2.79. The van der Waals surface area contributed by atoms with Crippen LogP contribution in [0.5, 0.6) is 5.75 Å². The predicted octanol–water partition coefficient (Wildman–Crippen LogP) is 6.05. The van der Waals surface area contributed by atoms with Crippen molar-refractivity contribution in [2.24, 2.45) is 5.92 Å². The molecule has 1 aromatic heterocycles. The van der Waals surface area contributed by atoms with Gasteiger partial charge >= 0.3 is 0 Å². The van der Waals surface area contributed by atoms with Crippen LogP contribution < -0.4 is 10.1 Å². The topological polar surface area (TPSA) is 68.5 Å². The lowest BCUT2D eigenvalue weighted by atomic mass is 9.84. The van der Waals surface area contributed by atoms with Crippen LogP contribution in [0.15, 0.2) is 40.8 Å². The first-order chi connectivity index (χ1) is 14.7. The number of carbonyl (C=O) groups excluding carboxylic acids is 2. The lowest BCUT2D eigenvalue weighted by Crippen LogP contribution is -2.36. The number of ether oxygens (including phenoxy) is 1. The molecule has 3 aromatic rings. The van der Waals surface area contributed by atoms with Gasteiger partial charge in [-0.2, -0.15) is 0 Å². The number of rotatable bonds is 5. The lowest BCUT2D eigenvalue weighted by Gasteiger charge is -2.35. The number of aryl methyl sites for hydroxylation is 1. The van der Waals surface area contributed by atoms with Gasteiger partial charge in [-0.05, 0) is 56.0 Å². The van der Waals surface area contributed by atoms with Gasteiger partial charge in [0.1, 0.15) is 16.9 Å². The van der Waals surface area contributed by atoms with Crippen molar-refractivity contribution in [3.63, 3.8) is 0 Å². The fraction of sp³-hybridized carbons (Fsp3) is 0.360. The molecule has 0 fully saturated rings. The van der Waals surface area contributed by atoms with Crippen molar-refractivity contribution >= 4 is 34.3 Å². The number of fused-ring (bicyclic) bond motifs is 3. The maximum Gasteiger partial charge on any atom is 0.287 e. The van der Waals surface area contributed by atoms with Crippen LogP contribution in [-0.2, 0) is 5.60 Å². The molecular formula is C25H26ClNO4. The van der Waals surface area contributed by atoms with E-state index in [1.165, 1.54) is 0 Å². The molecule has 1 N–H and O–H groups in total. The van der Waals surface area contributed by atoms with E-state index in [0.29, 0.717) is 45.3 Å². The van der Waals surface area contributed by atoms with Crippen LogP contribution in [0.1, 0.15) is 65.7 Å². The second-order valence-corrected chi connectivity index (χ2v) is 9.18. The molecule has 5 nitrogen and oxygen atoms in total. The average molecular weight is 440 g/mol. The van der Waals surface area contributed by atoms with E-state index in [1.807, 2.05) is 26.0 Å². The summed E-state index contributed by atoms with van der Waals surface area (Å²) < 4.78 is 12.2. The average Bonchev–Trinajstić information content (AvgIpc) is 3.04. The van der Waals surface area contributed by atoms with Gasteiger partial charge in [0.15, 0.2) is 11.5 Å². The summed E-state index contributed by atoms with van der Waals surface area (Å²) >= 11 is 6.01. The summed E-state index contributed by atoms with van der Waals surface area (Å²) in [6.07, 6.45) is 1.07. The standard InChI is InChI=1S/C25H26ClNO4/c1-14(2)11-12-27-24(29)23-15(3)21-19(30-23)9-10-20-22(21)18(28)13-25(4,31-20)16-5-7-17(26)8-6-16/h5-10,14H,11-13H2,1-4H3,(H,27,29)/t25-/m0/s1. The van der Waals surface area contributed by atoms with Crippen molar-refractivity contribution in [1.82, 2.24) is 5.32 Å². The molecule has 0 aliphatic carbocycles. The molecule has 0 saturated heterocycles. The molecule has 2 heterocycles. The number of carbonyl (C=O) groups is 2. The Kier molecular flexibility index (Phi) is 5.56. The second-order valence-electron chi connectivity index (χ2n) is 8.75. The molecule has 31 heavy (non-hydrogen) atoms. The van der Waals surface area contributed by atoms with E-state index in [0.717, 1.165) is 12.0 Å². The zero-order valence-electron chi connectivity index (χ0n) is 18.2. The molecule has 1 atom stereocenters. The molecule has 1 aliphatic rings. The van der Waals surface area contributed by atoms with E-state index in [4.69, 9.17) is 20.8 Å². The van der Waals surface area contributed by atoms with Gasteiger partial charge in [-0.3, -0.25) is 9.59 Å². The fourth-order valence-corrected chi connectivity index (χ4v) is 4.22. The van der Waals surface area contributed by atoms with Crippen molar-refractivity contribution in [3.05, 3.63) is 63.9 Å². The number of halogens is 1. The van der Waals surface area contributed by atoms with Gasteiger partial charge in [-0.25, -0.2) is 0 Å². The Morgan fingerprint density at radius 1 is 1.19 bits per heavy atom. The van der Waals surface area contributed by atoms with Gasteiger partial charge in [-0.15, -0.1) is 0 Å².